The van der Waals surface area contributed by atoms with Crippen LogP contribution in [0.15, 0.2) is 47.4 Å². The highest BCUT2D eigenvalue weighted by molar-refractivity contribution is 8.26. The summed E-state index contributed by atoms with van der Waals surface area (Å²) < 4.78 is 16.0. The molecule has 1 aliphatic rings. The number of carbonyl (C=O) groups is 3. The van der Waals surface area contributed by atoms with Crippen LogP contribution in [0.5, 0.6) is 11.5 Å². The Kier molecular flexibility index (Phi) is 9.27. The van der Waals surface area contributed by atoms with E-state index < -0.39 is 11.9 Å². The fourth-order valence-corrected chi connectivity index (χ4v) is 4.41. The maximum absolute atomic E-state index is 12.9. The topological polar surface area (TPSA) is 94.2 Å². The zero-order valence-electron chi connectivity index (χ0n) is 19.7. The molecule has 1 saturated heterocycles. The van der Waals surface area contributed by atoms with Gasteiger partial charge in [0.2, 0.25) is 5.91 Å². The average Bonchev–Trinajstić information content (AvgIpc) is 3.11. The number of nitrogens with zero attached hydrogens (tertiary/aromatic N) is 1. The largest absolute Gasteiger partial charge is 0.493 e. The molecule has 184 valence electrons. The minimum Gasteiger partial charge on any atom is -0.493 e. The predicted octanol–water partition coefficient (Wildman–Crippen LogP) is 4.50. The first-order valence-corrected chi connectivity index (χ1v) is 12.1. The van der Waals surface area contributed by atoms with Gasteiger partial charge in [0, 0.05) is 5.69 Å². The van der Waals surface area contributed by atoms with Gasteiger partial charge in [-0.15, -0.1) is 0 Å². The van der Waals surface area contributed by atoms with Gasteiger partial charge in [-0.25, -0.2) is 4.79 Å². The highest BCUT2D eigenvalue weighted by Crippen LogP contribution is 2.34. The molecule has 1 N–H and O–H groups in total. The average molecular weight is 515 g/mol. The van der Waals surface area contributed by atoms with Crippen molar-refractivity contribution < 1.29 is 28.6 Å². The molecule has 0 unspecified atom stereocenters. The highest BCUT2D eigenvalue weighted by Gasteiger charge is 2.33. The standard InChI is InChI=1S/C25H26N2O6S2/c1-4-5-12-33-24(30)17-7-9-18(10-8-17)26-22(28)15-27-23(29)21(35-25(27)34)14-16-6-11-19(31-2)20(13-16)32-3/h6-11,13-14H,4-5,12,15H2,1-3H3,(H,26,28)/b21-14-. The first-order chi connectivity index (χ1) is 16.9. The number of benzene rings is 2. The summed E-state index contributed by atoms with van der Waals surface area (Å²) >= 11 is 6.45. The Morgan fingerprint density at radius 3 is 2.46 bits per heavy atom. The smallest absolute Gasteiger partial charge is 0.338 e. The van der Waals surface area contributed by atoms with Crippen LogP contribution in [-0.4, -0.2) is 54.4 Å². The summed E-state index contributed by atoms with van der Waals surface area (Å²) in [5, 5.41) is 2.72. The molecule has 2 amide bonds. The Morgan fingerprint density at radius 2 is 1.80 bits per heavy atom. The Hall–Kier alpha value is -3.37. The SMILES string of the molecule is CCCCOC(=O)c1ccc(NC(=O)CN2C(=O)/C(=C/c3ccc(OC)c(OC)c3)SC2=S)cc1. The molecule has 0 bridgehead atoms. The van der Waals surface area contributed by atoms with E-state index in [1.165, 1.54) is 12.0 Å². The normalized spacial score (nSPS) is 14.3. The van der Waals surface area contributed by atoms with Crippen LogP contribution in [0, 0.1) is 0 Å². The van der Waals surface area contributed by atoms with Gasteiger partial charge < -0.3 is 19.5 Å². The quantitative estimate of drug-likeness (QED) is 0.214. The van der Waals surface area contributed by atoms with Crippen LogP contribution < -0.4 is 14.8 Å². The molecule has 3 rings (SSSR count). The minimum absolute atomic E-state index is 0.227. The van der Waals surface area contributed by atoms with Crippen LogP contribution >= 0.6 is 24.0 Å². The number of nitrogens with one attached hydrogen (secondary N) is 1. The molecule has 2 aromatic rings. The number of unbranched alkanes of at least 4 members (excludes halogenated alkanes) is 1. The van der Waals surface area contributed by atoms with E-state index >= 15 is 0 Å². The summed E-state index contributed by atoms with van der Waals surface area (Å²) in [4.78, 5) is 39.1. The van der Waals surface area contributed by atoms with Crippen LogP contribution in [0.25, 0.3) is 6.08 Å². The lowest BCUT2D eigenvalue weighted by Gasteiger charge is -2.14. The van der Waals surface area contributed by atoms with E-state index in [0.29, 0.717) is 38.6 Å². The van der Waals surface area contributed by atoms with E-state index in [0.717, 1.165) is 30.2 Å². The van der Waals surface area contributed by atoms with E-state index in [2.05, 4.69) is 5.32 Å². The molecule has 2 aromatic carbocycles. The van der Waals surface area contributed by atoms with Gasteiger partial charge in [-0.3, -0.25) is 14.5 Å². The number of carbonyl (C=O) groups excluding carboxylic acids is 3. The second-order valence-corrected chi connectivity index (χ2v) is 9.17. The van der Waals surface area contributed by atoms with Crippen molar-refractivity contribution in [1.29, 1.82) is 0 Å². The number of thioether (sulfide) groups is 1. The zero-order chi connectivity index (χ0) is 25.4. The van der Waals surface area contributed by atoms with Crippen LogP contribution in [0.3, 0.4) is 0 Å². The van der Waals surface area contributed by atoms with E-state index in [4.69, 9.17) is 26.4 Å². The maximum Gasteiger partial charge on any atom is 0.338 e. The fraction of sp³-hybridized carbons (Fsp3) is 0.280. The molecule has 1 heterocycles. The number of anilines is 1. The van der Waals surface area contributed by atoms with Gasteiger partial charge in [-0.1, -0.05) is 43.4 Å². The monoisotopic (exact) mass is 514 g/mol. The number of rotatable bonds is 10. The third-order valence-corrected chi connectivity index (χ3v) is 6.39. The van der Waals surface area contributed by atoms with E-state index in [1.807, 2.05) is 6.92 Å². The molecule has 0 aliphatic carbocycles. The molecule has 35 heavy (non-hydrogen) atoms. The fourth-order valence-electron chi connectivity index (χ4n) is 3.16. The van der Waals surface area contributed by atoms with Crippen LogP contribution in [-0.2, 0) is 14.3 Å². The highest BCUT2D eigenvalue weighted by atomic mass is 32.2. The number of ether oxygens (including phenoxy) is 3. The molecule has 1 fully saturated rings. The second kappa shape index (κ2) is 12.4. The first kappa shape index (κ1) is 26.2. The lowest BCUT2D eigenvalue weighted by atomic mass is 10.2. The number of hydrogen-bond acceptors (Lipinski definition) is 8. The molecule has 1 aliphatic heterocycles. The van der Waals surface area contributed by atoms with Gasteiger partial charge in [0.25, 0.3) is 5.91 Å². The van der Waals surface area contributed by atoms with Gasteiger partial charge in [0.1, 0.15) is 10.9 Å². The van der Waals surface area contributed by atoms with Crippen LogP contribution in [0.4, 0.5) is 5.69 Å². The second-order valence-electron chi connectivity index (χ2n) is 7.50. The lowest BCUT2D eigenvalue weighted by molar-refractivity contribution is -0.126. The zero-order valence-corrected chi connectivity index (χ0v) is 21.3. The summed E-state index contributed by atoms with van der Waals surface area (Å²) in [5.41, 5.74) is 1.63. The molecule has 0 spiro atoms. The predicted molar refractivity (Wildman–Crippen MR) is 140 cm³/mol. The molecule has 8 nitrogen and oxygen atoms in total. The Balaban J connectivity index is 1.61. The van der Waals surface area contributed by atoms with Gasteiger partial charge >= 0.3 is 5.97 Å². The third-order valence-electron chi connectivity index (χ3n) is 5.02. The van der Waals surface area contributed by atoms with Gasteiger partial charge in [0.05, 0.1) is 31.3 Å². The van der Waals surface area contributed by atoms with E-state index in [-0.39, 0.29) is 12.5 Å². The Bertz CT molecular complexity index is 1150. The van der Waals surface area contributed by atoms with Gasteiger partial charge in [0.15, 0.2) is 11.5 Å². The van der Waals surface area contributed by atoms with Crippen molar-refractivity contribution in [1.82, 2.24) is 4.90 Å². The van der Waals surface area contributed by atoms with Gasteiger partial charge in [-0.2, -0.15) is 0 Å². The van der Waals surface area contributed by atoms with Crippen LogP contribution in [0.2, 0.25) is 0 Å². The molecule has 0 saturated carbocycles. The number of thiocarbonyl (C=S) groups is 1. The van der Waals surface area contributed by atoms with Crippen LogP contribution in [0.1, 0.15) is 35.7 Å². The maximum atomic E-state index is 12.9. The summed E-state index contributed by atoms with van der Waals surface area (Å²) in [7, 11) is 3.08. The summed E-state index contributed by atoms with van der Waals surface area (Å²) in [5.74, 6) is -0.0520. The third kappa shape index (κ3) is 6.83. The number of amides is 2. The summed E-state index contributed by atoms with van der Waals surface area (Å²) in [6, 6.07) is 11.7. The molecular formula is C25H26N2O6S2. The van der Waals surface area contributed by atoms with E-state index in [9.17, 15) is 14.4 Å². The van der Waals surface area contributed by atoms with Crippen molar-refractivity contribution in [3.8, 4) is 11.5 Å². The molecule has 0 aromatic heterocycles. The molecule has 0 radical (unpaired) electrons. The van der Waals surface area contributed by atoms with Crippen molar-refractivity contribution in [3.63, 3.8) is 0 Å². The van der Waals surface area contributed by atoms with Crippen molar-refractivity contribution >= 4 is 57.8 Å². The summed E-state index contributed by atoms with van der Waals surface area (Å²) in [6.45, 7) is 2.16. The summed E-state index contributed by atoms with van der Waals surface area (Å²) in [6.07, 6.45) is 3.44. The Labute approximate surface area is 213 Å². The molecule has 10 heteroatoms. The van der Waals surface area contributed by atoms with Crippen molar-refractivity contribution in [2.75, 3.05) is 32.7 Å². The van der Waals surface area contributed by atoms with Crippen molar-refractivity contribution in [2.45, 2.75) is 19.8 Å². The molecular weight excluding hydrogens is 488 g/mol. The van der Waals surface area contributed by atoms with Gasteiger partial charge in [-0.05, 0) is 54.5 Å². The number of esters is 1. The number of methoxy groups -OCH3 is 2. The minimum atomic E-state index is -0.410. The number of hydrogen-bond donors (Lipinski definition) is 1. The van der Waals surface area contributed by atoms with Crippen molar-refractivity contribution in [2.24, 2.45) is 0 Å². The van der Waals surface area contributed by atoms with Crippen molar-refractivity contribution in [3.05, 3.63) is 58.5 Å². The molecule has 0 atom stereocenters. The Morgan fingerprint density at radius 1 is 1.09 bits per heavy atom. The van der Waals surface area contributed by atoms with E-state index in [1.54, 1.807) is 55.7 Å². The lowest BCUT2D eigenvalue weighted by Crippen LogP contribution is -2.36. The first-order valence-electron chi connectivity index (χ1n) is 10.9.